The Morgan fingerprint density at radius 1 is 1.17 bits per heavy atom. The summed E-state index contributed by atoms with van der Waals surface area (Å²) in [6, 6.07) is 4.68. The molecule has 0 aromatic heterocycles. The van der Waals surface area contributed by atoms with E-state index in [9.17, 15) is 32.0 Å². The molecule has 0 radical (unpaired) electrons. The van der Waals surface area contributed by atoms with E-state index in [1.807, 2.05) is 6.07 Å². The van der Waals surface area contributed by atoms with Crippen molar-refractivity contribution in [2.75, 3.05) is 0 Å². The van der Waals surface area contributed by atoms with Crippen molar-refractivity contribution in [1.82, 2.24) is 10.6 Å². The van der Waals surface area contributed by atoms with Crippen LogP contribution in [-0.4, -0.2) is 29.6 Å². The lowest BCUT2D eigenvalue weighted by Crippen LogP contribution is -2.59. The first kappa shape index (κ1) is 22.5. The topological polar surface area (TPSA) is 64.9 Å². The maximum absolute atomic E-state index is 14.5. The van der Waals surface area contributed by atoms with E-state index < -0.39 is 48.5 Å². The molecule has 2 fully saturated rings. The number of nitriles is 1. The van der Waals surface area contributed by atoms with Gasteiger partial charge in [-0.15, -0.1) is 0 Å². The van der Waals surface area contributed by atoms with E-state index in [4.69, 9.17) is 0 Å². The van der Waals surface area contributed by atoms with Gasteiger partial charge in [0.25, 0.3) is 0 Å². The van der Waals surface area contributed by atoms with Crippen molar-refractivity contribution in [3.63, 3.8) is 0 Å². The molecule has 164 valence electrons. The number of nitrogens with one attached hydrogen (secondary N) is 2. The molecule has 0 spiro atoms. The molecule has 3 rings (SSSR count). The second kappa shape index (κ2) is 8.50. The number of carbonyl (C=O) groups excluding carboxylic acids is 1. The van der Waals surface area contributed by atoms with Crippen molar-refractivity contribution in [3.05, 3.63) is 35.9 Å². The highest BCUT2D eigenvalue weighted by molar-refractivity contribution is 5.83. The highest BCUT2D eigenvalue weighted by Gasteiger charge is 2.48. The van der Waals surface area contributed by atoms with Crippen molar-refractivity contribution >= 4 is 5.91 Å². The molecule has 2 aliphatic rings. The molecule has 0 saturated heterocycles. The molecule has 0 heterocycles. The number of halogens is 5. The van der Waals surface area contributed by atoms with Gasteiger partial charge in [0.2, 0.25) is 11.8 Å². The Hall–Kier alpha value is -2.21. The lowest BCUT2D eigenvalue weighted by Gasteiger charge is -2.38. The van der Waals surface area contributed by atoms with E-state index >= 15 is 0 Å². The van der Waals surface area contributed by atoms with Crippen LogP contribution in [0.3, 0.4) is 0 Å². The highest BCUT2D eigenvalue weighted by Crippen LogP contribution is 2.42. The van der Waals surface area contributed by atoms with Crippen LogP contribution in [0.1, 0.15) is 56.6 Å². The van der Waals surface area contributed by atoms with Crippen LogP contribution in [-0.2, 0) is 4.79 Å². The first-order chi connectivity index (χ1) is 14.0. The Bertz CT molecular complexity index is 782. The Morgan fingerprint density at radius 2 is 1.80 bits per heavy atom. The Morgan fingerprint density at radius 3 is 2.27 bits per heavy atom. The number of benzene rings is 1. The summed E-state index contributed by atoms with van der Waals surface area (Å²) in [6.07, 6.45) is -3.61. The van der Waals surface area contributed by atoms with E-state index in [2.05, 4.69) is 10.6 Å². The second-order valence-electron chi connectivity index (χ2n) is 8.35. The summed E-state index contributed by atoms with van der Waals surface area (Å²) in [5, 5.41) is 13.8. The molecule has 1 aromatic rings. The third-order valence-corrected chi connectivity index (χ3v) is 5.72. The van der Waals surface area contributed by atoms with Gasteiger partial charge in [-0.05, 0) is 43.6 Å². The molecule has 1 aromatic carbocycles. The van der Waals surface area contributed by atoms with Gasteiger partial charge in [-0.3, -0.25) is 10.1 Å². The lowest BCUT2D eigenvalue weighted by atomic mass is 9.78. The predicted octanol–water partition coefficient (Wildman–Crippen LogP) is 4.64. The van der Waals surface area contributed by atoms with Crippen LogP contribution in [0.5, 0.6) is 0 Å². The van der Waals surface area contributed by atoms with Gasteiger partial charge in [0.05, 0.1) is 12.1 Å². The maximum Gasteiger partial charge on any atom is 0.407 e. The van der Waals surface area contributed by atoms with Crippen molar-refractivity contribution < 1.29 is 26.7 Å². The molecule has 1 amide bonds. The molecular weight excluding hydrogens is 405 g/mol. The number of hydrogen-bond acceptors (Lipinski definition) is 3. The average molecular weight is 429 g/mol. The summed E-state index contributed by atoms with van der Waals surface area (Å²) in [6.45, 7) is 0. The normalized spacial score (nSPS) is 20.5. The zero-order valence-corrected chi connectivity index (χ0v) is 16.3. The van der Waals surface area contributed by atoms with Crippen LogP contribution in [0.4, 0.5) is 22.0 Å². The van der Waals surface area contributed by atoms with Crippen molar-refractivity contribution in [2.24, 2.45) is 5.92 Å². The summed E-state index contributed by atoms with van der Waals surface area (Å²) in [5.41, 5.74) is -1.37. The number of nitrogens with zero attached hydrogens (tertiary/aromatic N) is 1. The summed E-state index contributed by atoms with van der Waals surface area (Å²) in [5.74, 6) is -4.45. The zero-order chi connectivity index (χ0) is 22.0. The molecule has 2 saturated carbocycles. The van der Waals surface area contributed by atoms with Crippen LogP contribution < -0.4 is 10.6 Å². The summed E-state index contributed by atoms with van der Waals surface area (Å²) in [7, 11) is 0. The smallest absolute Gasteiger partial charge is 0.336 e. The number of hydrogen-bond donors (Lipinski definition) is 2. The molecule has 2 aliphatic carbocycles. The molecule has 0 bridgehead atoms. The Balaban J connectivity index is 1.83. The van der Waals surface area contributed by atoms with Gasteiger partial charge < -0.3 is 5.32 Å². The molecule has 2 atom stereocenters. The van der Waals surface area contributed by atoms with Gasteiger partial charge in [0, 0.05) is 12.8 Å². The standard InChI is InChI=1S/C21H24F5N3O/c22-20(23,11-14-7-8-14)12-16(18(30)29-19(13-27)9-4-10-19)28-17(21(24,25)26)15-5-2-1-3-6-15/h1-3,5-6,14,16-17,28H,4,7-12H2,(H,29,30). The zero-order valence-electron chi connectivity index (χ0n) is 16.3. The van der Waals surface area contributed by atoms with Crippen LogP contribution in [0.15, 0.2) is 30.3 Å². The predicted molar refractivity (Wildman–Crippen MR) is 99.4 cm³/mol. The molecule has 2 unspecified atom stereocenters. The number of alkyl halides is 5. The number of amides is 1. The van der Waals surface area contributed by atoms with Crippen molar-refractivity contribution in [3.8, 4) is 6.07 Å². The molecule has 2 N–H and O–H groups in total. The number of rotatable bonds is 9. The van der Waals surface area contributed by atoms with E-state index in [0.29, 0.717) is 32.1 Å². The number of carbonyl (C=O) groups is 1. The van der Waals surface area contributed by atoms with Gasteiger partial charge in [-0.2, -0.15) is 18.4 Å². The minimum Gasteiger partial charge on any atom is -0.336 e. The van der Waals surface area contributed by atoms with E-state index in [1.54, 1.807) is 0 Å². The van der Waals surface area contributed by atoms with Gasteiger partial charge in [-0.25, -0.2) is 8.78 Å². The molecule has 9 heteroatoms. The van der Waals surface area contributed by atoms with Gasteiger partial charge >= 0.3 is 6.18 Å². The summed E-state index contributed by atoms with van der Waals surface area (Å²) in [4.78, 5) is 12.8. The summed E-state index contributed by atoms with van der Waals surface area (Å²) < 4.78 is 70.2. The third kappa shape index (κ3) is 5.69. The maximum atomic E-state index is 14.5. The Kier molecular flexibility index (Phi) is 6.37. The fraction of sp³-hybridized carbons (Fsp3) is 0.619. The molecule has 30 heavy (non-hydrogen) atoms. The van der Waals surface area contributed by atoms with E-state index in [-0.39, 0.29) is 11.5 Å². The third-order valence-electron chi connectivity index (χ3n) is 5.72. The Labute approximate surface area is 171 Å². The quantitative estimate of drug-likeness (QED) is 0.563. The first-order valence-electron chi connectivity index (χ1n) is 10.0. The minimum absolute atomic E-state index is 0.159. The molecule has 4 nitrogen and oxygen atoms in total. The van der Waals surface area contributed by atoms with Gasteiger partial charge in [0.1, 0.15) is 11.6 Å². The second-order valence-corrected chi connectivity index (χ2v) is 8.35. The van der Waals surface area contributed by atoms with E-state index in [0.717, 1.165) is 0 Å². The van der Waals surface area contributed by atoms with Crippen LogP contribution in [0.2, 0.25) is 0 Å². The van der Waals surface area contributed by atoms with Gasteiger partial charge in [-0.1, -0.05) is 30.3 Å². The van der Waals surface area contributed by atoms with Crippen molar-refractivity contribution in [2.45, 2.75) is 74.7 Å². The first-order valence-corrected chi connectivity index (χ1v) is 10.0. The van der Waals surface area contributed by atoms with Crippen LogP contribution in [0.25, 0.3) is 0 Å². The van der Waals surface area contributed by atoms with Crippen LogP contribution in [0, 0.1) is 17.2 Å². The highest BCUT2D eigenvalue weighted by atomic mass is 19.4. The van der Waals surface area contributed by atoms with Crippen molar-refractivity contribution in [1.29, 1.82) is 5.26 Å². The molecule has 0 aliphatic heterocycles. The van der Waals surface area contributed by atoms with Crippen LogP contribution >= 0.6 is 0 Å². The fourth-order valence-electron chi connectivity index (χ4n) is 3.70. The fourth-order valence-corrected chi connectivity index (χ4v) is 3.70. The lowest BCUT2D eigenvalue weighted by molar-refractivity contribution is -0.163. The van der Waals surface area contributed by atoms with E-state index in [1.165, 1.54) is 30.3 Å². The molecular formula is C21H24F5N3O. The SMILES string of the molecule is N#CC1(NC(=O)C(CC(F)(F)CC2CC2)NC(c2ccccc2)C(F)(F)F)CCC1. The average Bonchev–Trinajstić information content (AvgIpc) is 3.44. The van der Waals surface area contributed by atoms with Gasteiger partial charge in [0.15, 0.2) is 0 Å². The monoisotopic (exact) mass is 429 g/mol. The largest absolute Gasteiger partial charge is 0.407 e. The summed E-state index contributed by atoms with van der Waals surface area (Å²) >= 11 is 0. The minimum atomic E-state index is -4.80.